The van der Waals surface area contributed by atoms with Crippen LogP contribution in [-0.2, 0) is 18.4 Å². The van der Waals surface area contributed by atoms with E-state index < -0.39 is 5.60 Å². The highest BCUT2D eigenvalue weighted by Crippen LogP contribution is 2.45. The molecule has 3 rings (SSSR count). The summed E-state index contributed by atoms with van der Waals surface area (Å²) in [5.41, 5.74) is 3.52. The van der Waals surface area contributed by atoms with Crippen molar-refractivity contribution in [2.75, 3.05) is 0 Å². The Balaban J connectivity index is 1.96. The smallest absolute Gasteiger partial charge is 0.0896 e. The Bertz CT molecular complexity index is 402. The first-order valence-electron chi connectivity index (χ1n) is 6.52. The third kappa shape index (κ3) is 1.67. The Morgan fingerprint density at radius 2 is 1.81 bits per heavy atom. The number of benzene rings is 1. The lowest BCUT2D eigenvalue weighted by molar-refractivity contribution is 0.0330. The standard InChI is InChI=1S/C15H20O/c1-15(16,13-8-9-13)14-7-6-11-4-2-3-5-12(11)10-14/h6-7,10,13,16H,2-5,8-9H2,1H3. The van der Waals surface area contributed by atoms with Gasteiger partial charge in [-0.15, -0.1) is 0 Å². The normalized spacial score (nSPS) is 23.6. The molecule has 1 heteroatoms. The molecule has 1 saturated carbocycles. The number of aliphatic hydroxyl groups is 1. The van der Waals surface area contributed by atoms with E-state index in [-0.39, 0.29) is 0 Å². The number of aryl methyl sites for hydroxylation is 2. The molecular formula is C15H20O. The first-order valence-corrected chi connectivity index (χ1v) is 6.52. The molecule has 1 aromatic rings. The van der Waals surface area contributed by atoms with E-state index in [1.54, 1.807) is 0 Å². The van der Waals surface area contributed by atoms with Crippen molar-refractivity contribution in [2.45, 2.75) is 51.0 Å². The number of rotatable bonds is 2. The highest BCUT2D eigenvalue weighted by Gasteiger charge is 2.41. The van der Waals surface area contributed by atoms with Crippen molar-refractivity contribution in [1.29, 1.82) is 0 Å². The van der Waals surface area contributed by atoms with Crippen LogP contribution in [0, 0.1) is 5.92 Å². The van der Waals surface area contributed by atoms with Crippen molar-refractivity contribution in [3.05, 3.63) is 34.9 Å². The van der Waals surface area contributed by atoms with Crippen molar-refractivity contribution in [3.63, 3.8) is 0 Å². The Hall–Kier alpha value is -0.820. The van der Waals surface area contributed by atoms with Crippen LogP contribution in [0.1, 0.15) is 49.3 Å². The van der Waals surface area contributed by atoms with Crippen LogP contribution in [0.3, 0.4) is 0 Å². The number of fused-ring (bicyclic) bond motifs is 1. The van der Waals surface area contributed by atoms with Crippen molar-refractivity contribution in [1.82, 2.24) is 0 Å². The minimum atomic E-state index is -0.591. The molecule has 1 aromatic carbocycles. The molecule has 0 spiro atoms. The molecule has 0 heterocycles. The third-order valence-electron chi connectivity index (χ3n) is 4.31. The summed E-state index contributed by atoms with van der Waals surface area (Å²) in [4.78, 5) is 0. The van der Waals surface area contributed by atoms with Gasteiger partial charge >= 0.3 is 0 Å². The van der Waals surface area contributed by atoms with E-state index in [1.165, 1.54) is 49.7 Å². The summed E-state index contributed by atoms with van der Waals surface area (Å²) in [6, 6.07) is 6.63. The van der Waals surface area contributed by atoms with Gasteiger partial charge in [-0.3, -0.25) is 0 Å². The maximum absolute atomic E-state index is 10.5. The van der Waals surface area contributed by atoms with Gasteiger partial charge in [-0.25, -0.2) is 0 Å². The molecule has 0 saturated heterocycles. The molecule has 2 aliphatic carbocycles. The molecule has 1 nitrogen and oxygen atoms in total. The molecule has 2 aliphatic rings. The van der Waals surface area contributed by atoms with E-state index in [1.807, 2.05) is 6.92 Å². The van der Waals surface area contributed by atoms with Gasteiger partial charge in [0.15, 0.2) is 0 Å². The van der Waals surface area contributed by atoms with Crippen LogP contribution in [-0.4, -0.2) is 5.11 Å². The van der Waals surface area contributed by atoms with Crippen LogP contribution in [0.15, 0.2) is 18.2 Å². The van der Waals surface area contributed by atoms with Gasteiger partial charge in [-0.05, 0) is 68.1 Å². The Morgan fingerprint density at radius 3 is 2.50 bits per heavy atom. The monoisotopic (exact) mass is 216 g/mol. The largest absolute Gasteiger partial charge is 0.385 e. The fourth-order valence-electron chi connectivity index (χ4n) is 2.93. The van der Waals surface area contributed by atoms with E-state index in [0.29, 0.717) is 5.92 Å². The van der Waals surface area contributed by atoms with Gasteiger partial charge in [0, 0.05) is 0 Å². The fraction of sp³-hybridized carbons (Fsp3) is 0.600. The molecule has 1 N–H and O–H groups in total. The highest BCUT2D eigenvalue weighted by atomic mass is 16.3. The average Bonchev–Trinajstić information content (AvgIpc) is 3.12. The Kier molecular flexibility index (Phi) is 2.32. The first kappa shape index (κ1) is 10.3. The van der Waals surface area contributed by atoms with Crippen molar-refractivity contribution in [2.24, 2.45) is 5.92 Å². The summed E-state index contributed by atoms with van der Waals surface area (Å²) >= 11 is 0. The van der Waals surface area contributed by atoms with Gasteiger partial charge in [-0.2, -0.15) is 0 Å². The molecule has 0 amide bonds. The van der Waals surface area contributed by atoms with Crippen LogP contribution < -0.4 is 0 Å². The van der Waals surface area contributed by atoms with Crippen LogP contribution >= 0.6 is 0 Å². The van der Waals surface area contributed by atoms with E-state index in [4.69, 9.17) is 0 Å². The van der Waals surface area contributed by atoms with Crippen LogP contribution in [0.2, 0.25) is 0 Å². The van der Waals surface area contributed by atoms with Gasteiger partial charge in [0.25, 0.3) is 0 Å². The first-order chi connectivity index (χ1) is 7.68. The summed E-state index contributed by atoms with van der Waals surface area (Å²) in [7, 11) is 0. The van der Waals surface area contributed by atoms with Crippen molar-refractivity contribution in [3.8, 4) is 0 Å². The molecule has 16 heavy (non-hydrogen) atoms. The maximum Gasteiger partial charge on any atom is 0.0896 e. The molecule has 0 bridgehead atoms. The zero-order valence-corrected chi connectivity index (χ0v) is 10.00. The molecule has 1 atom stereocenters. The number of hydrogen-bond acceptors (Lipinski definition) is 1. The van der Waals surface area contributed by atoms with Gasteiger partial charge < -0.3 is 5.11 Å². The van der Waals surface area contributed by atoms with Crippen molar-refractivity contribution < 1.29 is 5.11 Å². The fourth-order valence-corrected chi connectivity index (χ4v) is 2.93. The SMILES string of the molecule is CC(O)(c1ccc2c(c1)CCCC2)C1CC1. The number of hydrogen-bond donors (Lipinski definition) is 1. The lowest BCUT2D eigenvalue weighted by Crippen LogP contribution is -2.24. The zero-order chi connectivity index (χ0) is 11.2. The van der Waals surface area contributed by atoms with E-state index >= 15 is 0 Å². The second kappa shape index (κ2) is 3.59. The second-order valence-corrected chi connectivity index (χ2v) is 5.61. The summed E-state index contributed by atoms with van der Waals surface area (Å²) < 4.78 is 0. The molecular weight excluding hydrogens is 196 g/mol. The van der Waals surface area contributed by atoms with Crippen LogP contribution in [0.5, 0.6) is 0 Å². The Labute approximate surface area is 97.5 Å². The van der Waals surface area contributed by atoms with Gasteiger partial charge in [0.2, 0.25) is 0 Å². The maximum atomic E-state index is 10.5. The van der Waals surface area contributed by atoms with Crippen LogP contribution in [0.25, 0.3) is 0 Å². The minimum absolute atomic E-state index is 0.495. The lowest BCUT2D eigenvalue weighted by Gasteiger charge is -2.26. The van der Waals surface area contributed by atoms with Gasteiger partial charge in [0.05, 0.1) is 5.60 Å². The minimum Gasteiger partial charge on any atom is -0.385 e. The molecule has 86 valence electrons. The summed E-state index contributed by atoms with van der Waals surface area (Å²) in [5.74, 6) is 0.495. The van der Waals surface area contributed by atoms with Gasteiger partial charge in [0.1, 0.15) is 0 Å². The molecule has 1 fully saturated rings. The third-order valence-corrected chi connectivity index (χ3v) is 4.31. The molecule has 0 aliphatic heterocycles. The summed E-state index contributed by atoms with van der Waals surface area (Å²) in [6.45, 7) is 1.98. The van der Waals surface area contributed by atoms with E-state index in [9.17, 15) is 5.11 Å². The quantitative estimate of drug-likeness (QED) is 0.805. The molecule has 1 unspecified atom stereocenters. The predicted octanol–water partition coefficient (Wildman–Crippen LogP) is 3.18. The Morgan fingerprint density at radius 1 is 1.12 bits per heavy atom. The van der Waals surface area contributed by atoms with Crippen LogP contribution in [0.4, 0.5) is 0 Å². The summed E-state index contributed by atoms with van der Waals surface area (Å²) in [5, 5.41) is 10.5. The van der Waals surface area contributed by atoms with Gasteiger partial charge in [-0.1, -0.05) is 18.2 Å². The topological polar surface area (TPSA) is 20.2 Å². The van der Waals surface area contributed by atoms with Crippen molar-refractivity contribution >= 4 is 0 Å². The zero-order valence-electron chi connectivity index (χ0n) is 10.00. The summed E-state index contributed by atoms with van der Waals surface area (Å²) in [6.07, 6.45) is 7.42. The second-order valence-electron chi connectivity index (χ2n) is 5.61. The van der Waals surface area contributed by atoms with E-state index in [2.05, 4.69) is 18.2 Å². The van der Waals surface area contributed by atoms with E-state index in [0.717, 1.165) is 5.56 Å². The highest BCUT2D eigenvalue weighted by molar-refractivity contribution is 5.37. The molecule has 0 aromatic heterocycles. The predicted molar refractivity (Wildman–Crippen MR) is 65.4 cm³/mol. The lowest BCUT2D eigenvalue weighted by atomic mass is 9.84. The average molecular weight is 216 g/mol. The molecule has 0 radical (unpaired) electrons.